The first-order valence-corrected chi connectivity index (χ1v) is 5.92. The lowest BCUT2D eigenvalue weighted by molar-refractivity contribution is 0.931. The van der Waals surface area contributed by atoms with Crippen LogP contribution in [0.4, 0.5) is 5.95 Å². The molecule has 0 unspecified atom stereocenters. The highest BCUT2D eigenvalue weighted by Gasteiger charge is 2.14. The Hall–Kier alpha value is -1.00. The third kappa shape index (κ3) is 1.83. The van der Waals surface area contributed by atoms with E-state index in [2.05, 4.69) is 20.9 Å². The molecule has 0 aliphatic carbocycles. The first-order valence-electron chi connectivity index (χ1n) is 4.75. The van der Waals surface area contributed by atoms with Crippen LogP contribution in [0.15, 0.2) is 22.7 Å². The van der Waals surface area contributed by atoms with E-state index in [4.69, 9.17) is 17.3 Å². The molecule has 0 saturated carbocycles. The van der Waals surface area contributed by atoms with Crippen molar-refractivity contribution in [3.8, 4) is 11.3 Å². The number of hydrogen-bond donors (Lipinski definition) is 1. The maximum atomic E-state index is 6.18. The van der Waals surface area contributed by atoms with Gasteiger partial charge in [0.15, 0.2) is 0 Å². The Morgan fingerprint density at radius 1 is 1.44 bits per heavy atom. The van der Waals surface area contributed by atoms with Crippen LogP contribution in [0, 0.1) is 6.92 Å². The summed E-state index contributed by atoms with van der Waals surface area (Å²) >= 11 is 9.61. The summed E-state index contributed by atoms with van der Waals surface area (Å²) in [7, 11) is 1.79. The van der Waals surface area contributed by atoms with Crippen molar-refractivity contribution in [1.29, 1.82) is 0 Å². The second kappa shape index (κ2) is 4.11. The number of aromatic nitrogens is 2. The zero-order chi connectivity index (χ0) is 11.9. The van der Waals surface area contributed by atoms with Crippen molar-refractivity contribution >= 4 is 33.5 Å². The number of nitrogen functional groups attached to an aromatic ring is 1. The Labute approximate surface area is 107 Å². The van der Waals surface area contributed by atoms with Crippen LogP contribution in [-0.2, 0) is 7.05 Å². The van der Waals surface area contributed by atoms with Crippen molar-refractivity contribution in [3.63, 3.8) is 0 Å². The number of hydrogen-bond acceptors (Lipinski definition) is 2. The number of anilines is 1. The molecule has 84 valence electrons. The number of imidazole rings is 1. The topological polar surface area (TPSA) is 43.8 Å². The van der Waals surface area contributed by atoms with Crippen LogP contribution in [0.25, 0.3) is 11.3 Å². The van der Waals surface area contributed by atoms with Crippen molar-refractivity contribution in [1.82, 2.24) is 9.55 Å². The predicted molar refractivity (Wildman–Crippen MR) is 70.5 cm³/mol. The van der Waals surface area contributed by atoms with Gasteiger partial charge in [-0.2, -0.15) is 0 Å². The van der Waals surface area contributed by atoms with E-state index in [1.165, 1.54) is 0 Å². The molecular formula is C11H11BrClN3. The third-order valence-electron chi connectivity index (χ3n) is 2.51. The summed E-state index contributed by atoms with van der Waals surface area (Å²) in [6, 6.07) is 5.99. The Morgan fingerprint density at radius 2 is 2.12 bits per heavy atom. The van der Waals surface area contributed by atoms with Crippen LogP contribution < -0.4 is 5.73 Å². The molecule has 0 bridgehead atoms. The lowest BCUT2D eigenvalue weighted by atomic mass is 10.1. The highest BCUT2D eigenvalue weighted by Crippen LogP contribution is 2.32. The lowest BCUT2D eigenvalue weighted by Gasteiger charge is -2.04. The summed E-state index contributed by atoms with van der Waals surface area (Å²) in [6.07, 6.45) is 0. The van der Waals surface area contributed by atoms with Gasteiger partial charge >= 0.3 is 0 Å². The van der Waals surface area contributed by atoms with Crippen LogP contribution in [0.5, 0.6) is 0 Å². The van der Waals surface area contributed by atoms with Gasteiger partial charge in [0, 0.05) is 17.1 Å². The summed E-state index contributed by atoms with van der Waals surface area (Å²) in [4.78, 5) is 4.27. The van der Waals surface area contributed by atoms with Gasteiger partial charge in [-0.1, -0.05) is 33.6 Å². The van der Waals surface area contributed by atoms with Gasteiger partial charge in [-0.05, 0) is 24.6 Å². The van der Waals surface area contributed by atoms with Gasteiger partial charge < -0.3 is 10.3 Å². The van der Waals surface area contributed by atoms with Gasteiger partial charge in [-0.25, -0.2) is 4.98 Å². The monoisotopic (exact) mass is 299 g/mol. The summed E-state index contributed by atoms with van der Waals surface area (Å²) < 4.78 is 2.66. The number of nitrogens with two attached hydrogens (primary N) is 1. The van der Waals surface area contributed by atoms with E-state index in [9.17, 15) is 0 Å². The molecule has 0 amide bonds. The fourth-order valence-corrected chi connectivity index (χ4v) is 2.11. The summed E-state index contributed by atoms with van der Waals surface area (Å²) in [5, 5.41) is 0.554. The van der Waals surface area contributed by atoms with E-state index in [1.54, 1.807) is 11.6 Å². The smallest absolute Gasteiger partial charge is 0.201 e. The van der Waals surface area contributed by atoms with Crippen molar-refractivity contribution in [3.05, 3.63) is 33.4 Å². The maximum absolute atomic E-state index is 6.18. The van der Waals surface area contributed by atoms with Gasteiger partial charge in [0.25, 0.3) is 0 Å². The number of benzene rings is 1. The summed E-state index contributed by atoms with van der Waals surface area (Å²) in [5.74, 6) is 0.416. The second-order valence-corrected chi connectivity index (χ2v) is 4.90. The number of aryl methyl sites for hydroxylation is 1. The summed E-state index contributed by atoms with van der Waals surface area (Å²) in [6.45, 7) is 2.02. The van der Waals surface area contributed by atoms with E-state index in [1.807, 2.05) is 25.1 Å². The van der Waals surface area contributed by atoms with E-state index in [0.717, 1.165) is 21.3 Å². The van der Waals surface area contributed by atoms with Crippen LogP contribution in [-0.4, -0.2) is 9.55 Å². The fourth-order valence-electron chi connectivity index (χ4n) is 1.52. The molecule has 0 fully saturated rings. The molecule has 2 rings (SSSR count). The Bertz CT molecular complexity index is 548. The molecule has 5 heteroatoms. The Balaban J connectivity index is 2.67. The molecule has 2 N–H and O–H groups in total. The predicted octanol–water partition coefficient (Wildman–Crippen LogP) is 3.39. The molecule has 16 heavy (non-hydrogen) atoms. The average molecular weight is 301 g/mol. The molecule has 0 atom stereocenters. The van der Waals surface area contributed by atoms with Gasteiger partial charge in [0.05, 0.1) is 0 Å². The molecule has 1 aromatic heterocycles. The minimum Gasteiger partial charge on any atom is -0.369 e. The molecule has 3 nitrogen and oxygen atoms in total. The van der Waals surface area contributed by atoms with Crippen LogP contribution >= 0.6 is 27.5 Å². The number of halogens is 2. The zero-order valence-corrected chi connectivity index (χ0v) is 11.3. The molecule has 0 aliphatic rings. The Kier molecular flexibility index (Phi) is 2.95. The van der Waals surface area contributed by atoms with Crippen LogP contribution in [0.2, 0.25) is 5.15 Å². The van der Waals surface area contributed by atoms with Gasteiger partial charge in [-0.3, -0.25) is 0 Å². The van der Waals surface area contributed by atoms with E-state index in [0.29, 0.717) is 11.1 Å². The lowest BCUT2D eigenvalue weighted by Crippen LogP contribution is -1.96. The van der Waals surface area contributed by atoms with Gasteiger partial charge in [0.2, 0.25) is 5.95 Å². The van der Waals surface area contributed by atoms with Crippen molar-refractivity contribution in [2.24, 2.45) is 7.05 Å². The van der Waals surface area contributed by atoms with E-state index >= 15 is 0 Å². The molecule has 0 spiro atoms. The van der Waals surface area contributed by atoms with Crippen molar-refractivity contribution < 1.29 is 0 Å². The molecule has 0 radical (unpaired) electrons. The molecule has 2 aromatic rings. The highest BCUT2D eigenvalue weighted by molar-refractivity contribution is 9.10. The SMILES string of the molecule is Cc1ccc(Br)cc1-c1nc(N)n(C)c1Cl. The molecule has 1 heterocycles. The van der Waals surface area contributed by atoms with Crippen LogP contribution in [0.3, 0.4) is 0 Å². The number of rotatable bonds is 1. The normalized spacial score (nSPS) is 10.8. The minimum atomic E-state index is 0.416. The molecule has 0 aliphatic heterocycles. The fraction of sp³-hybridized carbons (Fsp3) is 0.182. The molecule has 1 aromatic carbocycles. The maximum Gasteiger partial charge on any atom is 0.201 e. The minimum absolute atomic E-state index is 0.416. The zero-order valence-electron chi connectivity index (χ0n) is 8.96. The third-order valence-corrected chi connectivity index (χ3v) is 3.44. The van der Waals surface area contributed by atoms with Gasteiger partial charge in [0.1, 0.15) is 10.8 Å². The molecular weight excluding hydrogens is 289 g/mol. The van der Waals surface area contributed by atoms with Crippen molar-refractivity contribution in [2.45, 2.75) is 6.92 Å². The first kappa shape index (κ1) is 11.5. The summed E-state index contributed by atoms with van der Waals surface area (Å²) in [5.41, 5.74) is 8.55. The van der Waals surface area contributed by atoms with E-state index < -0.39 is 0 Å². The Morgan fingerprint density at radius 3 is 2.69 bits per heavy atom. The quantitative estimate of drug-likeness (QED) is 0.877. The highest BCUT2D eigenvalue weighted by atomic mass is 79.9. The first-order chi connectivity index (χ1) is 7.50. The van der Waals surface area contributed by atoms with E-state index in [-0.39, 0.29) is 0 Å². The molecule has 0 saturated heterocycles. The average Bonchev–Trinajstić information content (AvgIpc) is 2.50. The number of nitrogens with zero attached hydrogens (tertiary/aromatic N) is 2. The second-order valence-electron chi connectivity index (χ2n) is 3.63. The standard InChI is InChI=1S/C11H11BrClN3/c1-6-3-4-7(12)5-8(6)9-10(13)16(2)11(14)15-9/h3-5H,1-2H3,(H2,14,15). The van der Waals surface area contributed by atoms with Crippen LogP contribution in [0.1, 0.15) is 5.56 Å². The largest absolute Gasteiger partial charge is 0.369 e. The van der Waals surface area contributed by atoms with Gasteiger partial charge in [-0.15, -0.1) is 0 Å². The van der Waals surface area contributed by atoms with Crippen molar-refractivity contribution in [2.75, 3.05) is 5.73 Å².